The second-order valence-corrected chi connectivity index (χ2v) is 4.02. The maximum Gasteiger partial charge on any atom is 0.141 e. The smallest absolute Gasteiger partial charge is 0.141 e. The number of rotatable bonds is 2. The van der Waals surface area contributed by atoms with Crippen molar-refractivity contribution in [3.63, 3.8) is 0 Å². The highest BCUT2D eigenvalue weighted by Gasteiger charge is 2.12. The van der Waals surface area contributed by atoms with Crippen LogP contribution in [0.15, 0.2) is 42.6 Å². The van der Waals surface area contributed by atoms with Gasteiger partial charge in [0.05, 0.1) is 29.7 Å². The summed E-state index contributed by atoms with van der Waals surface area (Å²) in [7, 11) is 0. The quantitative estimate of drug-likeness (QED) is 0.704. The van der Waals surface area contributed by atoms with Gasteiger partial charge in [0.1, 0.15) is 17.5 Å². The van der Waals surface area contributed by atoms with Gasteiger partial charge in [0.2, 0.25) is 0 Å². The van der Waals surface area contributed by atoms with E-state index in [0.717, 1.165) is 17.2 Å². The van der Waals surface area contributed by atoms with Crippen LogP contribution < -0.4 is 0 Å². The highest BCUT2D eigenvalue weighted by atomic mass is 19.1. The highest BCUT2D eigenvalue weighted by molar-refractivity contribution is 5.77. The molecule has 0 aliphatic heterocycles. The molecule has 0 radical (unpaired) electrons. The first kappa shape index (κ1) is 11.4. The Hall–Kier alpha value is -2.74. The van der Waals surface area contributed by atoms with Gasteiger partial charge in [-0.3, -0.25) is 4.57 Å². The molecule has 92 valence electrons. The molecule has 0 amide bonds. The molecular weight excluding hydrogens is 243 g/mol. The topological polar surface area (TPSA) is 54.5 Å². The number of halogens is 1. The van der Waals surface area contributed by atoms with Crippen LogP contribution in [0.2, 0.25) is 0 Å². The molecule has 0 saturated heterocycles. The molecule has 0 N–H and O–H groups in total. The van der Waals surface area contributed by atoms with E-state index in [1.54, 1.807) is 10.6 Å². The number of benzene rings is 1. The number of nitrogens with zero attached hydrogens (tertiary/aromatic N) is 4. The Bertz CT molecular complexity index is 768. The number of para-hydroxylation sites is 2. The third-order valence-corrected chi connectivity index (χ3v) is 2.81. The minimum Gasteiger partial charge on any atom is -0.279 e. The second kappa shape index (κ2) is 4.50. The third-order valence-electron chi connectivity index (χ3n) is 2.81. The molecule has 3 aromatic rings. The van der Waals surface area contributed by atoms with E-state index in [-0.39, 0.29) is 6.42 Å². The van der Waals surface area contributed by atoms with E-state index in [4.69, 9.17) is 5.26 Å². The SMILES string of the molecule is N#CCc1nc2ccccc2n1-c1ccc(F)cn1. The summed E-state index contributed by atoms with van der Waals surface area (Å²) in [6, 6.07) is 12.5. The fourth-order valence-corrected chi connectivity index (χ4v) is 2.02. The summed E-state index contributed by atoms with van der Waals surface area (Å²) in [5, 5.41) is 8.88. The predicted molar refractivity (Wildman–Crippen MR) is 68.1 cm³/mol. The zero-order valence-electron chi connectivity index (χ0n) is 9.92. The minimum atomic E-state index is -0.394. The first-order chi connectivity index (χ1) is 9.29. The van der Waals surface area contributed by atoms with Gasteiger partial charge in [-0.05, 0) is 24.3 Å². The van der Waals surface area contributed by atoms with Crippen LogP contribution in [0.5, 0.6) is 0 Å². The molecule has 0 fully saturated rings. The molecular formula is C14H9FN4. The van der Waals surface area contributed by atoms with Crippen LogP contribution in [-0.4, -0.2) is 14.5 Å². The lowest BCUT2D eigenvalue weighted by Gasteiger charge is -2.05. The van der Waals surface area contributed by atoms with Crippen molar-refractivity contribution in [3.8, 4) is 11.9 Å². The second-order valence-electron chi connectivity index (χ2n) is 4.02. The lowest BCUT2D eigenvalue weighted by atomic mass is 10.3. The van der Waals surface area contributed by atoms with Gasteiger partial charge in [0.25, 0.3) is 0 Å². The fourth-order valence-electron chi connectivity index (χ4n) is 2.02. The van der Waals surface area contributed by atoms with Crippen molar-refractivity contribution in [2.24, 2.45) is 0 Å². The van der Waals surface area contributed by atoms with Crippen LogP contribution in [0.25, 0.3) is 16.9 Å². The maximum absolute atomic E-state index is 13.0. The van der Waals surface area contributed by atoms with Gasteiger partial charge >= 0.3 is 0 Å². The van der Waals surface area contributed by atoms with Crippen LogP contribution in [0.1, 0.15) is 5.82 Å². The predicted octanol–water partition coefficient (Wildman–Crippen LogP) is 2.63. The standard InChI is InChI=1S/C14H9FN4/c15-10-5-6-13(17-9-10)19-12-4-2-1-3-11(12)18-14(19)7-8-16/h1-6,9H,7H2. The van der Waals surface area contributed by atoms with Crippen molar-refractivity contribution in [1.29, 1.82) is 5.26 Å². The minimum absolute atomic E-state index is 0.174. The molecule has 5 heteroatoms. The highest BCUT2D eigenvalue weighted by Crippen LogP contribution is 2.20. The van der Waals surface area contributed by atoms with Gasteiger partial charge in [-0.25, -0.2) is 14.4 Å². The third kappa shape index (κ3) is 1.93. The molecule has 2 aromatic heterocycles. The number of hydrogen-bond donors (Lipinski definition) is 0. The van der Waals surface area contributed by atoms with Gasteiger partial charge in [-0.2, -0.15) is 5.26 Å². The molecule has 0 atom stereocenters. The monoisotopic (exact) mass is 252 g/mol. The molecule has 0 bridgehead atoms. The molecule has 19 heavy (non-hydrogen) atoms. The Kier molecular flexibility index (Phi) is 2.69. The van der Waals surface area contributed by atoms with Crippen LogP contribution >= 0.6 is 0 Å². The first-order valence-electron chi connectivity index (χ1n) is 5.75. The zero-order chi connectivity index (χ0) is 13.2. The molecule has 0 spiro atoms. The molecule has 4 nitrogen and oxygen atoms in total. The van der Waals surface area contributed by atoms with Crippen molar-refractivity contribution in [3.05, 3.63) is 54.2 Å². The van der Waals surface area contributed by atoms with Crippen LogP contribution in [0, 0.1) is 17.1 Å². The van der Waals surface area contributed by atoms with Gasteiger partial charge in [0.15, 0.2) is 0 Å². The van der Waals surface area contributed by atoms with E-state index >= 15 is 0 Å². The largest absolute Gasteiger partial charge is 0.279 e. The van der Waals surface area contributed by atoms with Crippen molar-refractivity contribution < 1.29 is 4.39 Å². The van der Waals surface area contributed by atoms with Crippen LogP contribution in [0.4, 0.5) is 4.39 Å². The molecule has 2 heterocycles. The van der Waals surface area contributed by atoms with Gasteiger partial charge < -0.3 is 0 Å². The van der Waals surface area contributed by atoms with E-state index < -0.39 is 5.82 Å². The summed E-state index contributed by atoms with van der Waals surface area (Å²) in [5.74, 6) is 0.762. The average Bonchev–Trinajstić information content (AvgIpc) is 2.78. The van der Waals surface area contributed by atoms with Gasteiger partial charge in [0, 0.05) is 0 Å². The number of nitriles is 1. The van der Waals surface area contributed by atoms with E-state index in [2.05, 4.69) is 16.0 Å². The zero-order valence-corrected chi connectivity index (χ0v) is 9.92. The average molecular weight is 252 g/mol. The summed E-state index contributed by atoms with van der Waals surface area (Å²) in [6.45, 7) is 0. The molecule has 0 aliphatic carbocycles. The lowest BCUT2D eigenvalue weighted by Crippen LogP contribution is -2.02. The van der Waals surface area contributed by atoms with Crippen molar-refractivity contribution >= 4 is 11.0 Å². The number of imidazole rings is 1. The number of pyridine rings is 1. The van der Waals surface area contributed by atoms with Crippen LogP contribution in [-0.2, 0) is 6.42 Å². The Morgan fingerprint density at radius 1 is 1.21 bits per heavy atom. The Labute approximate surface area is 108 Å². The number of aromatic nitrogens is 3. The van der Waals surface area contributed by atoms with Crippen molar-refractivity contribution in [2.75, 3.05) is 0 Å². The van der Waals surface area contributed by atoms with Gasteiger partial charge in [-0.15, -0.1) is 0 Å². The van der Waals surface area contributed by atoms with E-state index in [9.17, 15) is 4.39 Å². The van der Waals surface area contributed by atoms with E-state index in [0.29, 0.717) is 11.6 Å². The summed E-state index contributed by atoms with van der Waals surface area (Å²) in [4.78, 5) is 8.46. The normalized spacial score (nSPS) is 10.5. The first-order valence-corrected chi connectivity index (χ1v) is 5.75. The Morgan fingerprint density at radius 3 is 2.79 bits per heavy atom. The van der Waals surface area contributed by atoms with Gasteiger partial charge in [-0.1, -0.05) is 12.1 Å². The molecule has 3 rings (SSSR count). The van der Waals surface area contributed by atoms with Crippen molar-refractivity contribution in [1.82, 2.24) is 14.5 Å². The summed E-state index contributed by atoms with van der Waals surface area (Å²) in [6.07, 6.45) is 1.33. The molecule has 0 saturated carbocycles. The number of fused-ring (bicyclic) bond motifs is 1. The maximum atomic E-state index is 13.0. The summed E-state index contributed by atoms with van der Waals surface area (Å²) in [5.41, 5.74) is 1.64. The van der Waals surface area contributed by atoms with E-state index in [1.807, 2.05) is 24.3 Å². The summed E-state index contributed by atoms with van der Waals surface area (Å²) < 4.78 is 14.7. The summed E-state index contributed by atoms with van der Waals surface area (Å²) >= 11 is 0. The molecule has 0 aliphatic rings. The number of hydrogen-bond acceptors (Lipinski definition) is 3. The fraction of sp³-hybridized carbons (Fsp3) is 0.0714. The van der Waals surface area contributed by atoms with Crippen LogP contribution in [0.3, 0.4) is 0 Å². The lowest BCUT2D eigenvalue weighted by molar-refractivity contribution is 0.620. The van der Waals surface area contributed by atoms with E-state index in [1.165, 1.54) is 6.07 Å². The Morgan fingerprint density at radius 2 is 2.05 bits per heavy atom. The van der Waals surface area contributed by atoms with Crippen molar-refractivity contribution in [2.45, 2.75) is 6.42 Å². The molecule has 0 unspecified atom stereocenters. The molecule has 1 aromatic carbocycles. The Balaban J connectivity index is 2.28.